The number of hydrogen-bond donors (Lipinski definition) is 1. The number of aliphatic hydroxyl groups excluding tert-OH is 1. The molecule has 0 aliphatic carbocycles. The molecule has 1 aliphatic heterocycles. The van der Waals surface area contributed by atoms with Crippen molar-refractivity contribution in [1.82, 2.24) is 0 Å². The van der Waals surface area contributed by atoms with Gasteiger partial charge in [-0.15, -0.1) is 0 Å². The third kappa shape index (κ3) is 4.07. The number of ether oxygens (including phenoxy) is 3. The highest BCUT2D eigenvalue weighted by Gasteiger charge is 2.37. The zero-order valence-electron chi connectivity index (χ0n) is 9.86. The lowest BCUT2D eigenvalue weighted by Crippen LogP contribution is -2.46. The molecule has 15 heavy (non-hydrogen) atoms. The van der Waals surface area contributed by atoms with Crippen LogP contribution in [0.5, 0.6) is 0 Å². The first-order valence-corrected chi connectivity index (χ1v) is 5.57. The molecule has 0 radical (unpaired) electrons. The van der Waals surface area contributed by atoms with Crippen LogP contribution in [-0.4, -0.2) is 43.9 Å². The molecule has 4 nitrogen and oxygen atoms in total. The second kappa shape index (κ2) is 5.80. The molecule has 0 aromatic carbocycles. The molecule has 1 aliphatic rings. The number of rotatable bonds is 7. The van der Waals surface area contributed by atoms with Crippen molar-refractivity contribution in [2.24, 2.45) is 5.41 Å². The van der Waals surface area contributed by atoms with E-state index in [0.29, 0.717) is 6.61 Å². The van der Waals surface area contributed by atoms with E-state index in [9.17, 15) is 0 Å². The standard InChI is InChI=1S/C11H22O4/c1-4-11(7-14-8-11)6-13-5-9(2)15-10(3)12/h9-10,12H,4-8H2,1-3H3. The highest BCUT2D eigenvalue weighted by molar-refractivity contribution is 4.83. The first kappa shape index (κ1) is 12.9. The van der Waals surface area contributed by atoms with E-state index in [-0.39, 0.29) is 11.5 Å². The maximum Gasteiger partial charge on any atom is 0.152 e. The molecule has 0 amide bonds. The van der Waals surface area contributed by atoms with Gasteiger partial charge in [-0.3, -0.25) is 0 Å². The van der Waals surface area contributed by atoms with Gasteiger partial charge in [0.05, 0.1) is 32.5 Å². The van der Waals surface area contributed by atoms with Gasteiger partial charge in [-0.1, -0.05) is 6.92 Å². The first-order valence-electron chi connectivity index (χ1n) is 5.57. The van der Waals surface area contributed by atoms with E-state index in [4.69, 9.17) is 19.3 Å². The molecule has 0 bridgehead atoms. The molecule has 1 fully saturated rings. The van der Waals surface area contributed by atoms with Crippen LogP contribution >= 0.6 is 0 Å². The lowest BCUT2D eigenvalue weighted by molar-refractivity contribution is -0.171. The fourth-order valence-corrected chi connectivity index (χ4v) is 1.60. The molecule has 1 heterocycles. The topological polar surface area (TPSA) is 47.9 Å². The highest BCUT2D eigenvalue weighted by Crippen LogP contribution is 2.31. The summed E-state index contributed by atoms with van der Waals surface area (Å²) in [6, 6.07) is 0. The molecule has 4 heteroatoms. The smallest absolute Gasteiger partial charge is 0.152 e. The first-order chi connectivity index (χ1) is 7.08. The summed E-state index contributed by atoms with van der Waals surface area (Å²) >= 11 is 0. The zero-order valence-corrected chi connectivity index (χ0v) is 9.86. The lowest BCUT2D eigenvalue weighted by atomic mass is 9.84. The third-order valence-corrected chi connectivity index (χ3v) is 2.76. The SMILES string of the molecule is CCC1(COCC(C)OC(C)O)COC1. The molecule has 2 unspecified atom stereocenters. The Hall–Kier alpha value is -0.160. The van der Waals surface area contributed by atoms with Gasteiger partial charge < -0.3 is 19.3 Å². The van der Waals surface area contributed by atoms with Crippen molar-refractivity contribution in [3.8, 4) is 0 Å². The molecule has 1 N–H and O–H groups in total. The van der Waals surface area contributed by atoms with Gasteiger partial charge in [-0.25, -0.2) is 0 Å². The molecule has 0 aromatic heterocycles. The Morgan fingerprint density at radius 3 is 2.47 bits per heavy atom. The van der Waals surface area contributed by atoms with Crippen LogP contribution in [0.15, 0.2) is 0 Å². The minimum Gasteiger partial charge on any atom is -0.380 e. The molecule has 0 spiro atoms. The fourth-order valence-electron chi connectivity index (χ4n) is 1.60. The Labute approximate surface area is 91.5 Å². The van der Waals surface area contributed by atoms with Crippen molar-refractivity contribution in [3.05, 3.63) is 0 Å². The number of aliphatic hydroxyl groups is 1. The molecular formula is C11H22O4. The van der Waals surface area contributed by atoms with Crippen LogP contribution in [0.2, 0.25) is 0 Å². The zero-order chi connectivity index (χ0) is 11.3. The second-order valence-corrected chi connectivity index (χ2v) is 4.41. The summed E-state index contributed by atoms with van der Waals surface area (Å²) < 4.78 is 15.9. The van der Waals surface area contributed by atoms with Crippen LogP contribution in [0.25, 0.3) is 0 Å². The van der Waals surface area contributed by atoms with E-state index in [0.717, 1.165) is 26.2 Å². The summed E-state index contributed by atoms with van der Waals surface area (Å²) in [7, 11) is 0. The van der Waals surface area contributed by atoms with E-state index in [1.54, 1.807) is 6.92 Å². The van der Waals surface area contributed by atoms with Gasteiger partial charge in [-0.05, 0) is 20.3 Å². The maximum absolute atomic E-state index is 8.99. The normalized spacial score (nSPS) is 23.2. The van der Waals surface area contributed by atoms with E-state index in [1.807, 2.05) is 6.92 Å². The summed E-state index contributed by atoms with van der Waals surface area (Å²) in [5.41, 5.74) is 0.227. The van der Waals surface area contributed by atoms with E-state index in [2.05, 4.69) is 6.92 Å². The average Bonchev–Trinajstić information content (AvgIpc) is 2.08. The summed E-state index contributed by atoms with van der Waals surface area (Å²) in [5.74, 6) is 0. The van der Waals surface area contributed by atoms with Crippen LogP contribution in [0.1, 0.15) is 27.2 Å². The lowest BCUT2D eigenvalue weighted by Gasteiger charge is -2.40. The fraction of sp³-hybridized carbons (Fsp3) is 1.00. The predicted octanol–water partition coefficient (Wildman–Crippen LogP) is 1.17. The van der Waals surface area contributed by atoms with Gasteiger partial charge in [0.25, 0.3) is 0 Å². The molecule has 90 valence electrons. The Morgan fingerprint density at radius 1 is 1.40 bits per heavy atom. The Balaban J connectivity index is 2.10. The van der Waals surface area contributed by atoms with Crippen molar-refractivity contribution in [2.75, 3.05) is 26.4 Å². The van der Waals surface area contributed by atoms with Crippen LogP contribution in [0.3, 0.4) is 0 Å². The molecule has 1 rings (SSSR count). The summed E-state index contributed by atoms with van der Waals surface area (Å²) in [5, 5.41) is 8.99. The van der Waals surface area contributed by atoms with E-state index >= 15 is 0 Å². The monoisotopic (exact) mass is 218 g/mol. The Bertz CT molecular complexity index is 172. The van der Waals surface area contributed by atoms with E-state index in [1.165, 1.54) is 0 Å². The van der Waals surface area contributed by atoms with Crippen LogP contribution in [0, 0.1) is 5.41 Å². The molecule has 0 aromatic rings. The average molecular weight is 218 g/mol. The van der Waals surface area contributed by atoms with Crippen LogP contribution in [0.4, 0.5) is 0 Å². The number of hydrogen-bond acceptors (Lipinski definition) is 4. The van der Waals surface area contributed by atoms with Crippen molar-refractivity contribution in [3.63, 3.8) is 0 Å². The quantitative estimate of drug-likeness (QED) is 0.652. The summed E-state index contributed by atoms with van der Waals surface area (Å²) in [6.07, 6.45) is 0.286. The van der Waals surface area contributed by atoms with Crippen molar-refractivity contribution >= 4 is 0 Å². The predicted molar refractivity (Wildman–Crippen MR) is 56.6 cm³/mol. The largest absolute Gasteiger partial charge is 0.380 e. The Morgan fingerprint density at radius 2 is 2.07 bits per heavy atom. The molecular weight excluding hydrogens is 196 g/mol. The van der Waals surface area contributed by atoms with Gasteiger partial charge in [-0.2, -0.15) is 0 Å². The van der Waals surface area contributed by atoms with Crippen molar-refractivity contribution in [1.29, 1.82) is 0 Å². The van der Waals surface area contributed by atoms with E-state index < -0.39 is 6.29 Å². The summed E-state index contributed by atoms with van der Waals surface area (Å²) in [6.45, 7) is 8.49. The third-order valence-electron chi connectivity index (χ3n) is 2.76. The molecule has 0 saturated carbocycles. The maximum atomic E-state index is 8.99. The highest BCUT2D eigenvalue weighted by atomic mass is 16.6. The second-order valence-electron chi connectivity index (χ2n) is 4.41. The van der Waals surface area contributed by atoms with Gasteiger partial charge in [0, 0.05) is 5.41 Å². The van der Waals surface area contributed by atoms with Crippen molar-refractivity contribution in [2.45, 2.75) is 39.6 Å². The molecule has 2 atom stereocenters. The van der Waals surface area contributed by atoms with Crippen LogP contribution < -0.4 is 0 Å². The van der Waals surface area contributed by atoms with Crippen molar-refractivity contribution < 1.29 is 19.3 Å². The minimum atomic E-state index is -0.726. The minimum absolute atomic E-state index is 0.0695. The molecule has 1 saturated heterocycles. The van der Waals surface area contributed by atoms with Gasteiger partial charge in [0.1, 0.15) is 0 Å². The van der Waals surface area contributed by atoms with Crippen LogP contribution in [-0.2, 0) is 14.2 Å². The van der Waals surface area contributed by atoms with Gasteiger partial charge in [0.15, 0.2) is 6.29 Å². The Kier molecular flexibility index (Phi) is 4.99. The van der Waals surface area contributed by atoms with Gasteiger partial charge >= 0.3 is 0 Å². The van der Waals surface area contributed by atoms with Gasteiger partial charge in [0.2, 0.25) is 0 Å². The summed E-state index contributed by atoms with van der Waals surface area (Å²) in [4.78, 5) is 0.